The Morgan fingerprint density at radius 2 is 2.00 bits per heavy atom. The van der Waals surface area contributed by atoms with Crippen molar-refractivity contribution < 1.29 is 4.79 Å². The van der Waals surface area contributed by atoms with E-state index in [1.54, 1.807) is 12.4 Å². The summed E-state index contributed by atoms with van der Waals surface area (Å²) >= 11 is 6.21. The van der Waals surface area contributed by atoms with Crippen LogP contribution < -0.4 is 10.2 Å². The molecule has 0 bridgehead atoms. The van der Waals surface area contributed by atoms with E-state index in [4.69, 9.17) is 11.6 Å². The van der Waals surface area contributed by atoms with Crippen LogP contribution in [0.4, 0.5) is 10.5 Å². The van der Waals surface area contributed by atoms with Gasteiger partial charge in [0.05, 0.1) is 10.7 Å². The molecular formula is C20H22ClN5O. The summed E-state index contributed by atoms with van der Waals surface area (Å²) in [6, 6.07) is 12.2. The van der Waals surface area contributed by atoms with Crippen molar-refractivity contribution in [3.63, 3.8) is 0 Å². The second kappa shape index (κ2) is 7.88. The van der Waals surface area contributed by atoms with Crippen molar-refractivity contribution in [1.29, 1.82) is 0 Å². The third kappa shape index (κ3) is 4.01. The Morgan fingerprint density at radius 1 is 1.19 bits per heavy atom. The highest BCUT2D eigenvalue weighted by Gasteiger charge is 2.22. The van der Waals surface area contributed by atoms with Crippen molar-refractivity contribution >= 4 is 34.2 Å². The number of amides is 2. The molecule has 3 aromatic rings. The second-order valence-corrected chi connectivity index (χ2v) is 7.07. The molecule has 1 aliphatic rings. The quantitative estimate of drug-likeness (QED) is 0.726. The first-order valence-electron chi connectivity index (χ1n) is 9.14. The molecule has 27 heavy (non-hydrogen) atoms. The number of halogens is 1. The molecule has 1 aromatic carbocycles. The Bertz CT molecular complexity index is 900. The van der Waals surface area contributed by atoms with Crippen LogP contribution in [0.3, 0.4) is 0 Å². The van der Waals surface area contributed by atoms with E-state index in [0.29, 0.717) is 24.7 Å². The van der Waals surface area contributed by atoms with E-state index in [1.165, 1.54) is 5.39 Å². The largest absolute Gasteiger partial charge is 0.367 e. The maximum Gasteiger partial charge on any atom is 0.317 e. The number of pyridine rings is 1. The van der Waals surface area contributed by atoms with Gasteiger partial charge in [0.1, 0.15) is 0 Å². The topological polar surface area (TPSA) is 64.3 Å². The molecule has 0 unspecified atom stereocenters. The third-order valence-electron chi connectivity index (χ3n) is 4.91. The Morgan fingerprint density at radius 3 is 2.78 bits per heavy atom. The number of hydrogen-bond acceptors (Lipinski definition) is 3. The minimum atomic E-state index is -0.00779. The van der Waals surface area contributed by atoms with Gasteiger partial charge in [0.25, 0.3) is 0 Å². The molecule has 0 atom stereocenters. The number of para-hydroxylation sites is 1. The lowest BCUT2D eigenvalue weighted by Crippen LogP contribution is -2.52. The van der Waals surface area contributed by atoms with Gasteiger partial charge in [-0.15, -0.1) is 0 Å². The van der Waals surface area contributed by atoms with Crippen LogP contribution in [-0.2, 0) is 6.42 Å². The third-order valence-corrected chi connectivity index (χ3v) is 5.21. The Kier molecular flexibility index (Phi) is 5.16. The summed E-state index contributed by atoms with van der Waals surface area (Å²) in [7, 11) is 0. The molecule has 0 radical (unpaired) electrons. The van der Waals surface area contributed by atoms with E-state index in [-0.39, 0.29) is 6.03 Å². The maximum atomic E-state index is 12.4. The van der Waals surface area contributed by atoms with Gasteiger partial charge >= 0.3 is 6.03 Å². The number of rotatable bonds is 4. The molecule has 140 valence electrons. The van der Waals surface area contributed by atoms with Gasteiger partial charge in [-0.3, -0.25) is 4.98 Å². The first kappa shape index (κ1) is 17.7. The molecule has 1 aliphatic heterocycles. The van der Waals surface area contributed by atoms with Crippen LogP contribution in [0, 0.1) is 0 Å². The Hall–Kier alpha value is -2.73. The number of urea groups is 1. The molecule has 4 rings (SSSR count). The van der Waals surface area contributed by atoms with Gasteiger partial charge in [0.15, 0.2) is 0 Å². The van der Waals surface area contributed by atoms with Gasteiger partial charge in [0, 0.05) is 62.7 Å². The second-order valence-electron chi connectivity index (χ2n) is 6.66. The summed E-state index contributed by atoms with van der Waals surface area (Å²) < 4.78 is 0. The van der Waals surface area contributed by atoms with E-state index in [1.807, 2.05) is 23.1 Å². The number of piperazine rings is 1. The number of aromatic amines is 1. The minimum Gasteiger partial charge on any atom is -0.367 e. The smallest absolute Gasteiger partial charge is 0.317 e. The summed E-state index contributed by atoms with van der Waals surface area (Å²) in [5, 5.41) is 4.87. The van der Waals surface area contributed by atoms with Crippen LogP contribution in [0.2, 0.25) is 5.02 Å². The van der Waals surface area contributed by atoms with Crippen LogP contribution in [-0.4, -0.2) is 53.6 Å². The monoisotopic (exact) mass is 383 g/mol. The number of hydrogen-bond donors (Lipinski definition) is 2. The average Bonchev–Trinajstić information content (AvgIpc) is 3.11. The van der Waals surface area contributed by atoms with Crippen molar-refractivity contribution in [2.45, 2.75) is 6.42 Å². The van der Waals surface area contributed by atoms with Gasteiger partial charge in [-0.1, -0.05) is 29.8 Å². The fourth-order valence-corrected chi connectivity index (χ4v) is 3.70. The Balaban J connectivity index is 1.25. The predicted molar refractivity (Wildman–Crippen MR) is 108 cm³/mol. The molecule has 2 amide bonds. The van der Waals surface area contributed by atoms with Crippen LogP contribution in [0.1, 0.15) is 5.69 Å². The highest BCUT2D eigenvalue weighted by atomic mass is 35.5. The van der Waals surface area contributed by atoms with E-state index >= 15 is 0 Å². The lowest BCUT2D eigenvalue weighted by Gasteiger charge is -2.36. The van der Waals surface area contributed by atoms with Crippen molar-refractivity contribution in [1.82, 2.24) is 20.2 Å². The van der Waals surface area contributed by atoms with Crippen LogP contribution in [0.25, 0.3) is 10.9 Å². The summed E-state index contributed by atoms with van der Waals surface area (Å²) in [4.78, 5) is 23.9. The molecule has 3 heterocycles. The number of nitrogens with zero attached hydrogens (tertiary/aromatic N) is 3. The normalized spacial score (nSPS) is 14.6. The van der Waals surface area contributed by atoms with Gasteiger partial charge in [0.2, 0.25) is 0 Å². The highest BCUT2D eigenvalue weighted by Crippen LogP contribution is 2.25. The molecule has 2 aromatic heterocycles. The molecular weight excluding hydrogens is 362 g/mol. The van der Waals surface area contributed by atoms with Crippen molar-refractivity contribution in [3.8, 4) is 0 Å². The summed E-state index contributed by atoms with van der Waals surface area (Å²) in [5.41, 5.74) is 3.24. The molecule has 7 heteroatoms. The average molecular weight is 384 g/mol. The summed E-state index contributed by atoms with van der Waals surface area (Å²) in [6.45, 7) is 3.49. The number of nitrogens with one attached hydrogen (secondary N) is 2. The molecule has 1 saturated heterocycles. The SMILES string of the molecule is O=C(NCCc1cc2ccccc2[nH]1)N1CCN(c2ccncc2Cl)CC1. The van der Waals surface area contributed by atoms with Gasteiger partial charge in [-0.05, 0) is 23.6 Å². The maximum absolute atomic E-state index is 12.4. The van der Waals surface area contributed by atoms with E-state index in [9.17, 15) is 4.79 Å². The zero-order valence-corrected chi connectivity index (χ0v) is 15.7. The number of anilines is 1. The fourth-order valence-electron chi connectivity index (χ4n) is 3.46. The van der Waals surface area contributed by atoms with E-state index in [0.717, 1.165) is 36.4 Å². The first-order valence-corrected chi connectivity index (χ1v) is 9.52. The minimum absolute atomic E-state index is 0.00779. The molecule has 2 N–H and O–H groups in total. The molecule has 0 aliphatic carbocycles. The zero-order valence-electron chi connectivity index (χ0n) is 15.0. The molecule has 0 spiro atoms. The lowest BCUT2D eigenvalue weighted by atomic mass is 10.2. The number of carbonyl (C=O) groups excluding carboxylic acids is 1. The van der Waals surface area contributed by atoms with Crippen molar-refractivity contribution in [2.24, 2.45) is 0 Å². The summed E-state index contributed by atoms with van der Waals surface area (Å²) in [5.74, 6) is 0. The van der Waals surface area contributed by atoms with Crippen LogP contribution >= 0.6 is 11.6 Å². The number of fused-ring (bicyclic) bond motifs is 1. The van der Waals surface area contributed by atoms with Crippen molar-refractivity contribution in [2.75, 3.05) is 37.6 Å². The zero-order chi connectivity index (χ0) is 18.6. The number of carbonyl (C=O) groups is 1. The number of aromatic nitrogens is 2. The van der Waals surface area contributed by atoms with Crippen molar-refractivity contribution in [3.05, 3.63) is 59.5 Å². The predicted octanol–water partition coefficient (Wildman–Crippen LogP) is 3.29. The van der Waals surface area contributed by atoms with Crippen LogP contribution in [0.5, 0.6) is 0 Å². The molecule has 0 saturated carbocycles. The molecule has 6 nitrogen and oxygen atoms in total. The van der Waals surface area contributed by atoms with Gasteiger partial charge in [-0.25, -0.2) is 4.79 Å². The standard InChI is InChI=1S/C20H22ClN5O/c21-17-14-22-7-6-19(17)25-9-11-26(12-10-25)20(27)23-8-5-16-13-15-3-1-2-4-18(15)24-16/h1-4,6-7,13-14,24H,5,8-12H2,(H,23,27). The molecule has 1 fully saturated rings. The first-order chi connectivity index (χ1) is 13.2. The van der Waals surface area contributed by atoms with E-state index < -0.39 is 0 Å². The summed E-state index contributed by atoms with van der Waals surface area (Å²) in [6.07, 6.45) is 4.18. The van der Waals surface area contributed by atoms with Crippen LogP contribution in [0.15, 0.2) is 48.8 Å². The highest BCUT2D eigenvalue weighted by molar-refractivity contribution is 6.33. The number of benzene rings is 1. The van der Waals surface area contributed by atoms with Gasteiger partial charge in [-0.2, -0.15) is 0 Å². The Labute approximate surface area is 163 Å². The fraction of sp³-hybridized carbons (Fsp3) is 0.300. The number of H-pyrrole nitrogens is 1. The lowest BCUT2D eigenvalue weighted by molar-refractivity contribution is 0.194. The van der Waals surface area contributed by atoms with Gasteiger partial charge < -0.3 is 20.1 Å². The van der Waals surface area contributed by atoms with E-state index in [2.05, 4.69) is 38.4 Å².